The maximum Gasteiger partial charge on any atom is 0.320 e. The molecule has 0 saturated carbocycles. The number of carbonyl (C=O) groups is 2. The summed E-state index contributed by atoms with van der Waals surface area (Å²) < 4.78 is 0. The third-order valence-electron chi connectivity index (χ3n) is 2.25. The lowest BCUT2D eigenvalue weighted by Gasteiger charge is -2.01. The second-order valence-corrected chi connectivity index (χ2v) is 3.78. The number of H-pyrrole nitrogens is 2. The minimum Gasteiger partial charge on any atom is -0.480 e. The van der Waals surface area contributed by atoms with Crippen LogP contribution in [-0.4, -0.2) is 43.0 Å². The number of carbonyl (C=O) groups excluding carboxylic acids is 1. The minimum absolute atomic E-state index is 0.0213. The number of hydrogen-bond acceptors (Lipinski definition) is 6. The van der Waals surface area contributed by atoms with Gasteiger partial charge >= 0.3 is 5.97 Å². The van der Waals surface area contributed by atoms with Gasteiger partial charge in [-0.25, -0.2) is 9.97 Å². The molecule has 1 amide bonds. The number of aliphatic carboxylic acids is 1. The van der Waals surface area contributed by atoms with Gasteiger partial charge in [-0.15, -0.1) is 0 Å². The number of fused-ring (bicyclic) bond motifs is 1. The Morgan fingerprint density at radius 1 is 1.30 bits per heavy atom. The van der Waals surface area contributed by atoms with E-state index in [1.807, 2.05) is 0 Å². The van der Waals surface area contributed by atoms with Crippen LogP contribution in [-0.2, 0) is 9.59 Å². The molecule has 0 aromatic carbocycles. The molecule has 0 aliphatic heterocycles. The van der Waals surface area contributed by atoms with Crippen LogP contribution in [0.25, 0.3) is 11.2 Å². The number of rotatable bonds is 4. The van der Waals surface area contributed by atoms with Crippen LogP contribution < -0.4 is 17.0 Å². The average molecular weight is 282 g/mol. The van der Waals surface area contributed by atoms with Gasteiger partial charge in [0, 0.05) is 6.42 Å². The largest absolute Gasteiger partial charge is 0.480 e. The number of aromatic amines is 2. The van der Waals surface area contributed by atoms with Gasteiger partial charge in [0.15, 0.2) is 11.2 Å². The van der Waals surface area contributed by atoms with Crippen LogP contribution in [0, 0.1) is 0 Å². The summed E-state index contributed by atoms with van der Waals surface area (Å²) in [5.74, 6) is -1.64. The molecule has 0 bridgehead atoms. The van der Waals surface area contributed by atoms with E-state index in [-0.39, 0.29) is 18.4 Å². The number of carboxylic acids is 1. The Labute approximate surface area is 112 Å². The molecule has 7 N–H and O–H groups in total. The summed E-state index contributed by atoms with van der Waals surface area (Å²) in [6.07, 6.45) is 2.89. The second-order valence-electron chi connectivity index (χ2n) is 3.78. The van der Waals surface area contributed by atoms with Gasteiger partial charge in [-0.1, -0.05) is 0 Å². The van der Waals surface area contributed by atoms with Crippen molar-refractivity contribution in [2.75, 3.05) is 0 Å². The van der Waals surface area contributed by atoms with Gasteiger partial charge in [0.25, 0.3) is 5.56 Å². The second kappa shape index (κ2) is 6.99. The molecule has 0 fully saturated rings. The normalized spacial score (nSPS) is 11.4. The summed E-state index contributed by atoms with van der Waals surface area (Å²) in [5, 5.41) is 8.22. The lowest BCUT2D eigenvalue weighted by Crippen LogP contribution is -2.31. The standard InChI is InChI=1S/C5H4N4O.C5H10N2O3/c10-5-3-4(7-1-6-3)8-2-9-5;6-3(5(9)10)1-2-4(7)8/h1-2H,(H2,6,7,8,9,10);3H,1-2,6H2,(H2,7,8)(H,9,10). The highest BCUT2D eigenvalue weighted by molar-refractivity contribution is 5.77. The SMILES string of the molecule is NC(=O)CCC(N)C(=O)O.O=c1[nH]cnc2nc[nH]c12. The third kappa shape index (κ3) is 4.49. The van der Waals surface area contributed by atoms with Crippen molar-refractivity contribution in [3.05, 3.63) is 23.0 Å². The number of nitrogens with zero attached hydrogens (tertiary/aromatic N) is 2. The van der Waals surface area contributed by atoms with Crippen LogP contribution >= 0.6 is 0 Å². The molecule has 1 atom stereocenters. The Kier molecular flexibility index (Phi) is 5.35. The fourth-order valence-corrected chi connectivity index (χ4v) is 1.20. The van der Waals surface area contributed by atoms with Crippen LogP contribution in [0.3, 0.4) is 0 Å². The van der Waals surface area contributed by atoms with Gasteiger partial charge < -0.3 is 26.5 Å². The van der Waals surface area contributed by atoms with E-state index in [2.05, 4.69) is 19.9 Å². The highest BCUT2D eigenvalue weighted by Gasteiger charge is 2.11. The van der Waals surface area contributed by atoms with E-state index in [0.717, 1.165) is 0 Å². The Balaban J connectivity index is 0.000000200. The molecule has 0 aliphatic carbocycles. The van der Waals surface area contributed by atoms with Gasteiger partial charge in [-0.3, -0.25) is 14.4 Å². The molecule has 1 unspecified atom stereocenters. The molecule has 10 nitrogen and oxygen atoms in total. The fraction of sp³-hybridized carbons (Fsp3) is 0.300. The van der Waals surface area contributed by atoms with E-state index in [1.165, 1.54) is 12.7 Å². The van der Waals surface area contributed by atoms with Gasteiger partial charge in [0.05, 0.1) is 12.7 Å². The number of nitrogens with one attached hydrogen (secondary N) is 2. The van der Waals surface area contributed by atoms with Crippen molar-refractivity contribution in [2.45, 2.75) is 18.9 Å². The van der Waals surface area contributed by atoms with Crippen LogP contribution in [0.15, 0.2) is 17.4 Å². The summed E-state index contributed by atoms with van der Waals surface area (Å²) in [4.78, 5) is 43.7. The lowest BCUT2D eigenvalue weighted by molar-refractivity contribution is -0.138. The quantitative estimate of drug-likeness (QED) is 0.443. The molecule has 0 saturated heterocycles. The van der Waals surface area contributed by atoms with Crippen LogP contribution in [0.5, 0.6) is 0 Å². The van der Waals surface area contributed by atoms with E-state index in [0.29, 0.717) is 11.2 Å². The number of hydrogen-bond donors (Lipinski definition) is 5. The molecule has 10 heteroatoms. The first kappa shape index (κ1) is 15.3. The van der Waals surface area contributed by atoms with Crippen molar-refractivity contribution in [3.63, 3.8) is 0 Å². The third-order valence-corrected chi connectivity index (χ3v) is 2.25. The summed E-state index contributed by atoms with van der Waals surface area (Å²) in [6.45, 7) is 0. The zero-order valence-electron chi connectivity index (χ0n) is 10.4. The molecule has 20 heavy (non-hydrogen) atoms. The molecule has 2 aromatic rings. The summed E-state index contributed by atoms with van der Waals surface area (Å²) in [6, 6.07) is -0.979. The Hall–Kier alpha value is -2.75. The van der Waals surface area contributed by atoms with Crippen LogP contribution in [0.2, 0.25) is 0 Å². The molecule has 108 valence electrons. The smallest absolute Gasteiger partial charge is 0.320 e. The summed E-state index contributed by atoms with van der Waals surface area (Å²) >= 11 is 0. The average Bonchev–Trinajstić information content (AvgIpc) is 2.86. The first-order valence-corrected chi connectivity index (χ1v) is 5.55. The zero-order valence-corrected chi connectivity index (χ0v) is 10.4. The fourth-order valence-electron chi connectivity index (χ4n) is 1.20. The molecule has 2 heterocycles. The number of imidazole rings is 1. The van der Waals surface area contributed by atoms with Crippen molar-refractivity contribution in [1.29, 1.82) is 0 Å². The molecule has 0 aliphatic rings. The molecule has 2 rings (SSSR count). The van der Waals surface area contributed by atoms with E-state index in [1.54, 1.807) is 0 Å². The first-order chi connectivity index (χ1) is 9.41. The summed E-state index contributed by atoms with van der Waals surface area (Å²) in [7, 11) is 0. The number of primary amides is 1. The predicted molar refractivity (Wildman–Crippen MR) is 68.5 cm³/mol. The Morgan fingerprint density at radius 3 is 2.40 bits per heavy atom. The van der Waals surface area contributed by atoms with Crippen molar-refractivity contribution in [3.8, 4) is 0 Å². The van der Waals surface area contributed by atoms with E-state index >= 15 is 0 Å². The van der Waals surface area contributed by atoms with Gasteiger partial charge in [0.2, 0.25) is 5.91 Å². The molecule has 0 radical (unpaired) electrons. The highest BCUT2D eigenvalue weighted by atomic mass is 16.4. The molecule has 0 spiro atoms. The maximum atomic E-state index is 10.9. The van der Waals surface area contributed by atoms with Gasteiger partial charge in [0.1, 0.15) is 6.04 Å². The lowest BCUT2D eigenvalue weighted by atomic mass is 10.2. The number of amides is 1. The summed E-state index contributed by atoms with van der Waals surface area (Å²) in [5.41, 5.74) is 10.5. The highest BCUT2D eigenvalue weighted by Crippen LogP contribution is 1.94. The monoisotopic (exact) mass is 282 g/mol. The van der Waals surface area contributed by atoms with Crippen molar-refractivity contribution in [1.82, 2.24) is 19.9 Å². The van der Waals surface area contributed by atoms with Crippen molar-refractivity contribution in [2.24, 2.45) is 11.5 Å². The van der Waals surface area contributed by atoms with Crippen LogP contribution in [0.1, 0.15) is 12.8 Å². The maximum absolute atomic E-state index is 10.9. The van der Waals surface area contributed by atoms with Gasteiger partial charge in [-0.2, -0.15) is 0 Å². The van der Waals surface area contributed by atoms with Crippen molar-refractivity contribution < 1.29 is 14.7 Å². The van der Waals surface area contributed by atoms with Gasteiger partial charge in [-0.05, 0) is 6.42 Å². The van der Waals surface area contributed by atoms with Crippen molar-refractivity contribution >= 4 is 23.0 Å². The number of carboxylic acid groups (broad SMARTS) is 1. The Bertz CT molecular complexity index is 648. The zero-order chi connectivity index (χ0) is 15.1. The molecular weight excluding hydrogens is 268 g/mol. The predicted octanol–water partition coefficient (Wildman–Crippen LogP) is -1.69. The number of nitrogens with two attached hydrogens (primary N) is 2. The first-order valence-electron chi connectivity index (χ1n) is 5.55. The minimum atomic E-state index is -1.11. The topological polar surface area (TPSA) is 181 Å². The van der Waals surface area contributed by atoms with E-state index < -0.39 is 17.9 Å². The van der Waals surface area contributed by atoms with E-state index in [9.17, 15) is 14.4 Å². The number of aromatic nitrogens is 4. The molecular formula is C10H14N6O4. The Morgan fingerprint density at radius 2 is 1.90 bits per heavy atom. The van der Waals surface area contributed by atoms with E-state index in [4.69, 9.17) is 16.6 Å². The van der Waals surface area contributed by atoms with Crippen LogP contribution in [0.4, 0.5) is 0 Å². The molecule has 2 aromatic heterocycles.